The van der Waals surface area contributed by atoms with Crippen LogP contribution in [0.25, 0.3) is 0 Å². The molecule has 1 aromatic carbocycles. The van der Waals surface area contributed by atoms with Gasteiger partial charge in [0.1, 0.15) is 17.1 Å². The van der Waals surface area contributed by atoms with Crippen molar-refractivity contribution in [2.24, 2.45) is 11.8 Å². The largest absolute Gasteiger partial charge is 0.508 e. The van der Waals surface area contributed by atoms with Gasteiger partial charge in [-0.15, -0.1) is 0 Å². The van der Waals surface area contributed by atoms with Crippen LogP contribution >= 0.6 is 0 Å². The molecular weight excluding hydrogens is 236 g/mol. The fourth-order valence-corrected chi connectivity index (χ4v) is 4.07. The molecule has 1 aliphatic heterocycles. The van der Waals surface area contributed by atoms with Crippen molar-refractivity contribution >= 4 is 0 Å². The van der Waals surface area contributed by atoms with Crippen molar-refractivity contribution in [2.75, 3.05) is 0 Å². The van der Waals surface area contributed by atoms with Gasteiger partial charge in [0.2, 0.25) is 0 Å². The summed E-state index contributed by atoms with van der Waals surface area (Å²) in [6.45, 7) is 8.83. The van der Waals surface area contributed by atoms with Gasteiger partial charge in [0.15, 0.2) is 0 Å². The van der Waals surface area contributed by atoms with Gasteiger partial charge in [-0.25, -0.2) is 0 Å². The highest BCUT2D eigenvalue weighted by molar-refractivity contribution is 5.51. The van der Waals surface area contributed by atoms with E-state index in [1.807, 2.05) is 13.0 Å². The standard InChI is InChI=1S/C17H24O2/c1-10(2)12-5-6-17(4)9-13(12)16-14(18)7-11(3)8-15(16)19-17/h7-8,10,12-13,18H,5-6,9H2,1-4H3/t12-,13+,17?/m0/s1. The maximum Gasteiger partial charge on any atom is 0.127 e. The number of hydrogen-bond acceptors (Lipinski definition) is 2. The zero-order chi connectivity index (χ0) is 13.8. The Balaban J connectivity index is 2.12. The van der Waals surface area contributed by atoms with Crippen LogP contribution in [0.5, 0.6) is 11.5 Å². The Morgan fingerprint density at radius 3 is 2.79 bits per heavy atom. The summed E-state index contributed by atoms with van der Waals surface area (Å²) in [7, 11) is 0. The second-order valence-corrected chi connectivity index (χ2v) is 7.00. The van der Waals surface area contributed by atoms with E-state index >= 15 is 0 Å². The lowest BCUT2D eigenvalue weighted by Gasteiger charge is -2.49. The molecule has 3 atom stereocenters. The Labute approximate surface area is 115 Å². The molecule has 1 aliphatic carbocycles. The van der Waals surface area contributed by atoms with E-state index in [9.17, 15) is 5.11 Å². The number of rotatable bonds is 1. The summed E-state index contributed by atoms with van der Waals surface area (Å²) < 4.78 is 6.22. The molecule has 1 aromatic rings. The summed E-state index contributed by atoms with van der Waals surface area (Å²) in [5.74, 6) is 3.10. The number of phenols is 1. The third-order valence-corrected chi connectivity index (χ3v) is 5.02. The van der Waals surface area contributed by atoms with Crippen molar-refractivity contribution in [1.29, 1.82) is 0 Å². The smallest absolute Gasteiger partial charge is 0.127 e. The SMILES string of the molecule is Cc1cc(O)c2c(c1)OC1(C)CC[C@@H](C(C)C)[C@H]2C1. The van der Waals surface area contributed by atoms with Crippen LogP contribution in [-0.4, -0.2) is 10.7 Å². The highest BCUT2D eigenvalue weighted by Crippen LogP contribution is 2.55. The van der Waals surface area contributed by atoms with E-state index in [0.717, 1.165) is 29.7 Å². The van der Waals surface area contributed by atoms with Crippen LogP contribution < -0.4 is 4.74 Å². The lowest BCUT2D eigenvalue weighted by atomic mass is 9.64. The molecule has 2 heteroatoms. The van der Waals surface area contributed by atoms with Gasteiger partial charge >= 0.3 is 0 Å². The zero-order valence-corrected chi connectivity index (χ0v) is 12.4. The monoisotopic (exact) mass is 260 g/mol. The van der Waals surface area contributed by atoms with Gasteiger partial charge in [-0.05, 0) is 68.6 Å². The Morgan fingerprint density at radius 1 is 1.37 bits per heavy atom. The molecule has 0 saturated heterocycles. The van der Waals surface area contributed by atoms with Gasteiger partial charge in [0.25, 0.3) is 0 Å². The van der Waals surface area contributed by atoms with E-state index in [-0.39, 0.29) is 5.60 Å². The van der Waals surface area contributed by atoms with E-state index in [0.29, 0.717) is 23.5 Å². The van der Waals surface area contributed by atoms with Crippen LogP contribution in [0.4, 0.5) is 0 Å². The van der Waals surface area contributed by atoms with Gasteiger partial charge in [-0.3, -0.25) is 0 Å². The molecule has 3 rings (SSSR count). The van der Waals surface area contributed by atoms with E-state index in [4.69, 9.17) is 4.74 Å². The summed E-state index contributed by atoms with van der Waals surface area (Å²) in [6, 6.07) is 3.96. The second-order valence-electron chi connectivity index (χ2n) is 7.00. The molecule has 0 aromatic heterocycles. The van der Waals surface area contributed by atoms with Gasteiger partial charge in [0.05, 0.1) is 0 Å². The first-order valence-corrected chi connectivity index (χ1v) is 7.42. The Hall–Kier alpha value is -1.18. The number of hydrogen-bond donors (Lipinski definition) is 1. The van der Waals surface area contributed by atoms with Crippen LogP contribution in [0.3, 0.4) is 0 Å². The fourth-order valence-electron chi connectivity index (χ4n) is 4.07. The van der Waals surface area contributed by atoms with Gasteiger partial charge in [0, 0.05) is 5.56 Å². The van der Waals surface area contributed by atoms with E-state index in [2.05, 4.69) is 26.8 Å². The van der Waals surface area contributed by atoms with Crippen molar-refractivity contribution < 1.29 is 9.84 Å². The average Bonchev–Trinajstić information content (AvgIpc) is 2.25. The van der Waals surface area contributed by atoms with Gasteiger partial charge < -0.3 is 9.84 Å². The molecule has 1 heterocycles. The molecule has 2 nitrogen and oxygen atoms in total. The molecule has 2 bridgehead atoms. The highest BCUT2D eigenvalue weighted by Gasteiger charge is 2.46. The minimum Gasteiger partial charge on any atom is -0.508 e. The molecule has 104 valence electrons. The van der Waals surface area contributed by atoms with E-state index in [1.54, 1.807) is 0 Å². The molecular formula is C17H24O2. The lowest BCUT2D eigenvalue weighted by molar-refractivity contribution is -0.00863. The first-order chi connectivity index (χ1) is 8.89. The molecule has 0 spiro atoms. The lowest BCUT2D eigenvalue weighted by Crippen LogP contribution is -2.45. The molecule has 2 aliphatic rings. The summed E-state index contributed by atoms with van der Waals surface area (Å²) in [4.78, 5) is 0. The Kier molecular flexibility index (Phi) is 2.81. The van der Waals surface area contributed by atoms with Gasteiger partial charge in [-0.1, -0.05) is 13.8 Å². The number of ether oxygens (including phenoxy) is 1. The first-order valence-electron chi connectivity index (χ1n) is 7.42. The molecule has 19 heavy (non-hydrogen) atoms. The van der Waals surface area contributed by atoms with Crippen molar-refractivity contribution in [3.8, 4) is 11.5 Å². The predicted octanol–water partition coefficient (Wildman–Crippen LogP) is 4.39. The number of phenolic OH excluding ortho intramolecular Hbond substituents is 1. The maximum absolute atomic E-state index is 10.4. The minimum absolute atomic E-state index is 0.0384. The van der Waals surface area contributed by atoms with Gasteiger partial charge in [-0.2, -0.15) is 0 Å². The second kappa shape index (κ2) is 4.16. The summed E-state index contributed by atoms with van der Waals surface area (Å²) in [5.41, 5.74) is 2.09. The van der Waals surface area contributed by atoms with Crippen molar-refractivity contribution in [2.45, 2.75) is 58.5 Å². The van der Waals surface area contributed by atoms with Crippen molar-refractivity contribution in [3.63, 3.8) is 0 Å². The van der Waals surface area contributed by atoms with Crippen LogP contribution in [0.15, 0.2) is 12.1 Å². The predicted molar refractivity (Wildman–Crippen MR) is 76.8 cm³/mol. The summed E-state index contributed by atoms with van der Waals surface area (Å²) in [6.07, 6.45) is 3.37. The summed E-state index contributed by atoms with van der Waals surface area (Å²) in [5, 5.41) is 10.4. The maximum atomic E-state index is 10.4. The number of aryl methyl sites for hydroxylation is 1. The quantitative estimate of drug-likeness (QED) is 0.811. The van der Waals surface area contributed by atoms with Crippen LogP contribution in [0, 0.1) is 18.8 Å². The third kappa shape index (κ3) is 2.01. The minimum atomic E-state index is -0.0384. The molecule has 1 saturated carbocycles. The molecule has 1 unspecified atom stereocenters. The third-order valence-electron chi connectivity index (χ3n) is 5.02. The van der Waals surface area contributed by atoms with E-state index < -0.39 is 0 Å². The van der Waals surface area contributed by atoms with Crippen LogP contribution in [0.1, 0.15) is 57.1 Å². The average molecular weight is 260 g/mol. The topological polar surface area (TPSA) is 29.5 Å². The normalized spacial score (nSPS) is 32.9. The first kappa shape index (κ1) is 12.8. The Bertz CT molecular complexity index is 506. The van der Waals surface area contributed by atoms with Crippen molar-refractivity contribution in [1.82, 2.24) is 0 Å². The number of fused-ring (bicyclic) bond motifs is 4. The Morgan fingerprint density at radius 2 is 2.11 bits per heavy atom. The molecule has 1 fully saturated rings. The molecule has 0 amide bonds. The number of benzene rings is 1. The number of aromatic hydroxyl groups is 1. The fraction of sp³-hybridized carbons (Fsp3) is 0.647. The summed E-state index contributed by atoms with van der Waals surface area (Å²) >= 11 is 0. The van der Waals surface area contributed by atoms with Crippen LogP contribution in [-0.2, 0) is 0 Å². The molecule has 0 radical (unpaired) electrons. The van der Waals surface area contributed by atoms with Crippen LogP contribution in [0.2, 0.25) is 0 Å². The molecule has 1 N–H and O–H groups in total. The highest BCUT2D eigenvalue weighted by atomic mass is 16.5. The zero-order valence-electron chi connectivity index (χ0n) is 12.4. The van der Waals surface area contributed by atoms with E-state index in [1.165, 1.54) is 6.42 Å². The van der Waals surface area contributed by atoms with Crippen molar-refractivity contribution in [3.05, 3.63) is 23.3 Å².